The van der Waals surface area contributed by atoms with Gasteiger partial charge in [-0.05, 0) is 36.1 Å². The summed E-state index contributed by atoms with van der Waals surface area (Å²) < 4.78 is 29.3. The van der Waals surface area contributed by atoms with E-state index >= 15 is 0 Å². The topological polar surface area (TPSA) is 74.7 Å². The first-order chi connectivity index (χ1) is 13.9. The van der Waals surface area contributed by atoms with Crippen LogP contribution in [0, 0.1) is 28.9 Å². The third kappa shape index (κ3) is 4.73. The maximum atomic E-state index is 14.5. The second-order valence-corrected chi connectivity index (χ2v) is 6.91. The van der Waals surface area contributed by atoms with Crippen LogP contribution >= 0.6 is 0 Å². The molecule has 148 valence electrons. The first kappa shape index (κ1) is 20.4. The molecule has 0 unspecified atom stereocenters. The summed E-state index contributed by atoms with van der Waals surface area (Å²) in [6.07, 6.45) is 6.94. The molecule has 0 spiro atoms. The van der Waals surface area contributed by atoms with E-state index in [1.165, 1.54) is 23.4 Å². The fourth-order valence-electron chi connectivity index (χ4n) is 3.18. The van der Waals surface area contributed by atoms with Crippen molar-refractivity contribution in [1.29, 1.82) is 5.26 Å². The molecule has 7 heteroatoms. The highest BCUT2D eigenvalue weighted by Crippen LogP contribution is 2.35. The van der Waals surface area contributed by atoms with E-state index in [4.69, 9.17) is 5.26 Å². The van der Waals surface area contributed by atoms with Gasteiger partial charge < -0.3 is 5.11 Å². The van der Waals surface area contributed by atoms with Crippen molar-refractivity contribution in [3.05, 3.63) is 89.5 Å². The van der Waals surface area contributed by atoms with E-state index in [9.17, 15) is 13.9 Å². The quantitative estimate of drug-likeness (QED) is 0.656. The fraction of sp³-hybridized carbons (Fsp3) is 0.227. The normalized spacial score (nSPS) is 14.4. The molecule has 0 amide bonds. The molecule has 1 N–H and O–H groups in total. The molecular formula is C22H20F2N4O. The molecule has 2 atom stereocenters. The maximum Gasteiger partial charge on any atom is 0.137 e. The van der Waals surface area contributed by atoms with Crippen molar-refractivity contribution in [1.82, 2.24) is 14.8 Å². The molecule has 29 heavy (non-hydrogen) atoms. The monoisotopic (exact) mass is 394 g/mol. The van der Waals surface area contributed by atoms with Crippen molar-refractivity contribution >= 4 is 6.08 Å². The van der Waals surface area contributed by atoms with Gasteiger partial charge in [-0.25, -0.2) is 18.4 Å². The van der Waals surface area contributed by atoms with Gasteiger partial charge in [0.15, 0.2) is 0 Å². The Hall–Kier alpha value is -3.37. The minimum atomic E-state index is -1.62. The van der Waals surface area contributed by atoms with Gasteiger partial charge in [0.2, 0.25) is 0 Å². The predicted octanol–water partition coefficient (Wildman–Crippen LogP) is 4.06. The van der Waals surface area contributed by atoms with Gasteiger partial charge >= 0.3 is 0 Å². The Labute approximate surface area is 167 Å². The fourth-order valence-corrected chi connectivity index (χ4v) is 3.18. The first-order valence-electron chi connectivity index (χ1n) is 9.09. The second-order valence-electron chi connectivity index (χ2n) is 6.91. The third-order valence-corrected chi connectivity index (χ3v) is 4.92. The number of aromatic nitrogens is 3. The number of nitrogens with zero attached hydrogens (tertiary/aromatic N) is 4. The first-order valence-corrected chi connectivity index (χ1v) is 9.09. The zero-order valence-corrected chi connectivity index (χ0v) is 15.8. The van der Waals surface area contributed by atoms with E-state index < -0.39 is 23.2 Å². The average molecular weight is 394 g/mol. The van der Waals surface area contributed by atoms with Crippen molar-refractivity contribution < 1.29 is 13.9 Å². The van der Waals surface area contributed by atoms with Crippen molar-refractivity contribution in [2.45, 2.75) is 25.5 Å². The summed E-state index contributed by atoms with van der Waals surface area (Å²) in [5.74, 6) is -1.93. The van der Waals surface area contributed by atoms with Crippen molar-refractivity contribution in [2.24, 2.45) is 5.92 Å². The number of aliphatic hydroxyl groups is 1. The average Bonchev–Trinajstić information content (AvgIpc) is 3.21. The molecule has 1 heterocycles. The molecule has 0 radical (unpaired) electrons. The van der Waals surface area contributed by atoms with Crippen LogP contribution in [0.1, 0.15) is 30.0 Å². The molecule has 0 saturated carbocycles. The number of nitriles is 1. The number of halogens is 2. The molecule has 5 nitrogen and oxygen atoms in total. The van der Waals surface area contributed by atoms with E-state index in [1.54, 1.807) is 19.1 Å². The van der Waals surface area contributed by atoms with E-state index in [2.05, 4.69) is 16.2 Å². The maximum absolute atomic E-state index is 14.5. The Morgan fingerprint density at radius 2 is 2.00 bits per heavy atom. The molecule has 0 aliphatic carbocycles. The zero-order chi connectivity index (χ0) is 20.9. The molecule has 0 saturated heterocycles. The molecule has 0 bridgehead atoms. The van der Waals surface area contributed by atoms with Gasteiger partial charge in [0.1, 0.15) is 29.9 Å². The lowest BCUT2D eigenvalue weighted by Gasteiger charge is -2.34. The van der Waals surface area contributed by atoms with Crippen LogP contribution in [0.4, 0.5) is 8.78 Å². The minimum absolute atomic E-state index is 0.00803. The lowest BCUT2D eigenvalue weighted by atomic mass is 9.80. The zero-order valence-electron chi connectivity index (χ0n) is 15.8. The van der Waals surface area contributed by atoms with Gasteiger partial charge in [-0.2, -0.15) is 10.4 Å². The van der Waals surface area contributed by atoms with Gasteiger partial charge in [-0.1, -0.05) is 37.3 Å². The third-order valence-electron chi connectivity index (χ3n) is 4.92. The van der Waals surface area contributed by atoms with Crippen LogP contribution < -0.4 is 0 Å². The lowest BCUT2D eigenvalue weighted by molar-refractivity contribution is -0.0379. The Morgan fingerprint density at radius 3 is 2.62 bits per heavy atom. The van der Waals surface area contributed by atoms with Crippen LogP contribution in [-0.2, 0) is 12.1 Å². The molecule has 2 aromatic carbocycles. The number of benzene rings is 2. The summed E-state index contributed by atoms with van der Waals surface area (Å²) in [7, 11) is 0. The van der Waals surface area contributed by atoms with E-state index in [-0.39, 0.29) is 12.1 Å². The second kappa shape index (κ2) is 8.76. The summed E-state index contributed by atoms with van der Waals surface area (Å²) in [6.45, 7) is 1.77. The highest BCUT2D eigenvalue weighted by Gasteiger charge is 2.38. The molecule has 0 aliphatic rings. The largest absolute Gasteiger partial charge is 0.383 e. The predicted molar refractivity (Wildman–Crippen MR) is 104 cm³/mol. The SMILES string of the molecule is C[C@@H](C/C=C/c1ccc(C#N)cc1)[C@](O)(Cn1cncn1)c1ccc(F)cc1F. The van der Waals surface area contributed by atoms with Crippen molar-refractivity contribution in [3.63, 3.8) is 0 Å². The Balaban J connectivity index is 1.84. The summed E-state index contributed by atoms with van der Waals surface area (Å²) in [5.41, 5.74) is -0.136. The molecule has 1 aromatic heterocycles. The van der Waals surface area contributed by atoms with Crippen LogP contribution in [0.15, 0.2) is 61.2 Å². The van der Waals surface area contributed by atoms with Gasteiger partial charge in [0.25, 0.3) is 0 Å². The van der Waals surface area contributed by atoms with Crippen LogP contribution in [0.3, 0.4) is 0 Å². The highest BCUT2D eigenvalue weighted by atomic mass is 19.1. The Morgan fingerprint density at radius 1 is 1.24 bits per heavy atom. The summed E-state index contributed by atoms with van der Waals surface area (Å²) in [6, 6.07) is 12.3. The summed E-state index contributed by atoms with van der Waals surface area (Å²) in [5, 5.41) is 24.3. The smallest absolute Gasteiger partial charge is 0.137 e. The molecule has 0 aliphatic heterocycles. The summed E-state index contributed by atoms with van der Waals surface area (Å²) >= 11 is 0. The number of rotatable bonds is 7. The van der Waals surface area contributed by atoms with Crippen molar-refractivity contribution in [2.75, 3.05) is 0 Å². The minimum Gasteiger partial charge on any atom is -0.383 e. The van der Waals surface area contributed by atoms with E-state index in [0.717, 1.165) is 17.7 Å². The Kier molecular flexibility index (Phi) is 6.15. The van der Waals surface area contributed by atoms with Crippen molar-refractivity contribution in [3.8, 4) is 6.07 Å². The van der Waals surface area contributed by atoms with Crippen LogP contribution in [0.25, 0.3) is 6.08 Å². The van der Waals surface area contributed by atoms with E-state index in [0.29, 0.717) is 12.0 Å². The van der Waals surface area contributed by atoms with Gasteiger partial charge in [-0.3, -0.25) is 0 Å². The van der Waals surface area contributed by atoms with Gasteiger partial charge in [0, 0.05) is 11.6 Å². The molecule has 0 fully saturated rings. The van der Waals surface area contributed by atoms with E-state index in [1.807, 2.05) is 24.3 Å². The number of hydrogen-bond donors (Lipinski definition) is 1. The standard InChI is InChI=1S/C22H20F2N4O/c1-16(3-2-4-17-5-7-18(12-25)8-6-17)22(29,13-28-15-26-14-27-28)20-10-9-19(23)11-21(20)24/h2,4-11,14-16,29H,3,13H2,1H3/b4-2+/t16-,22+/m0/s1. The number of allylic oxidation sites excluding steroid dienone is 1. The van der Waals surface area contributed by atoms with Crippen LogP contribution in [0.2, 0.25) is 0 Å². The lowest BCUT2D eigenvalue weighted by Crippen LogP contribution is -2.39. The van der Waals surface area contributed by atoms with Gasteiger partial charge in [0.05, 0.1) is 18.2 Å². The summed E-state index contributed by atoms with van der Waals surface area (Å²) in [4.78, 5) is 3.86. The molecule has 3 rings (SSSR count). The molecular weight excluding hydrogens is 374 g/mol. The number of hydrogen-bond acceptors (Lipinski definition) is 4. The van der Waals surface area contributed by atoms with Crippen LogP contribution in [0.5, 0.6) is 0 Å². The van der Waals surface area contributed by atoms with Crippen LogP contribution in [-0.4, -0.2) is 19.9 Å². The van der Waals surface area contributed by atoms with Gasteiger partial charge in [-0.15, -0.1) is 0 Å². The Bertz CT molecular complexity index is 1030. The highest BCUT2D eigenvalue weighted by molar-refractivity contribution is 5.50. The molecule has 3 aromatic rings.